The highest BCUT2D eigenvalue weighted by atomic mass is 19.2. The van der Waals surface area contributed by atoms with Crippen molar-refractivity contribution in [3.63, 3.8) is 0 Å². The van der Waals surface area contributed by atoms with E-state index in [2.05, 4.69) is 9.88 Å². The number of oxazole rings is 1. The lowest BCUT2D eigenvalue weighted by molar-refractivity contribution is -0.137. The fraction of sp³-hybridized carbons (Fsp3) is 0.304. The topological polar surface area (TPSA) is 75.8 Å². The monoisotopic (exact) mass is 428 g/mol. The molecule has 6 nitrogen and oxygen atoms in total. The Morgan fingerprint density at radius 3 is 2.77 bits per heavy atom. The van der Waals surface area contributed by atoms with Crippen LogP contribution in [-0.2, 0) is 24.4 Å². The van der Waals surface area contributed by atoms with E-state index >= 15 is 0 Å². The number of aliphatic carboxylic acids is 1. The van der Waals surface area contributed by atoms with E-state index in [4.69, 9.17) is 14.3 Å². The average molecular weight is 428 g/mol. The minimum absolute atomic E-state index is 0.0754. The van der Waals surface area contributed by atoms with Gasteiger partial charge < -0.3 is 14.3 Å². The molecule has 2 aromatic carbocycles. The summed E-state index contributed by atoms with van der Waals surface area (Å²) in [5.41, 5.74) is 1.81. The zero-order chi connectivity index (χ0) is 21.8. The molecule has 4 rings (SSSR count). The minimum Gasteiger partial charge on any atom is -0.489 e. The van der Waals surface area contributed by atoms with E-state index in [1.54, 1.807) is 24.3 Å². The molecule has 3 aromatic rings. The number of aromatic nitrogens is 1. The molecule has 31 heavy (non-hydrogen) atoms. The first-order chi connectivity index (χ1) is 15.0. The van der Waals surface area contributed by atoms with Crippen LogP contribution in [0.15, 0.2) is 46.9 Å². The number of halogens is 2. The molecule has 0 saturated heterocycles. The Bertz CT molecular complexity index is 1070. The van der Waals surface area contributed by atoms with E-state index in [9.17, 15) is 13.6 Å². The zero-order valence-corrected chi connectivity index (χ0v) is 16.8. The van der Waals surface area contributed by atoms with Gasteiger partial charge in [-0.1, -0.05) is 12.1 Å². The molecular weight excluding hydrogens is 406 g/mol. The smallest absolute Gasteiger partial charge is 0.303 e. The SMILES string of the molecule is O=C(O)CCCN1CCc2oc(-c3ccc(OCc4cccc(F)c4F)cc3)nc2C1. The van der Waals surface area contributed by atoms with Gasteiger partial charge in [0, 0.05) is 37.1 Å². The van der Waals surface area contributed by atoms with Crippen molar-refractivity contribution in [3.8, 4) is 17.2 Å². The summed E-state index contributed by atoms with van der Waals surface area (Å²) in [6.45, 7) is 2.09. The van der Waals surface area contributed by atoms with Gasteiger partial charge in [-0.3, -0.25) is 9.69 Å². The summed E-state index contributed by atoms with van der Waals surface area (Å²) in [5.74, 6) is -0.694. The maximum atomic E-state index is 13.7. The molecule has 0 bridgehead atoms. The van der Waals surface area contributed by atoms with Crippen molar-refractivity contribution in [2.75, 3.05) is 13.1 Å². The predicted molar refractivity (Wildman–Crippen MR) is 108 cm³/mol. The van der Waals surface area contributed by atoms with Gasteiger partial charge >= 0.3 is 5.97 Å². The standard InChI is InChI=1S/C23H22F2N2O4/c24-18-4-1-3-16(22(18)25)14-30-17-8-6-15(7-9-17)23-26-19-13-27(11-2-5-21(28)29)12-10-20(19)31-23/h1,3-4,6-9H,2,5,10-14H2,(H,28,29). The van der Waals surface area contributed by atoms with Gasteiger partial charge in [0.15, 0.2) is 11.6 Å². The summed E-state index contributed by atoms with van der Waals surface area (Å²) < 4.78 is 38.5. The molecule has 8 heteroatoms. The Hall–Kier alpha value is -3.26. The van der Waals surface area contributed by atoms with Crippen LogP contribution in [0.25, 0.3) is 11.5 Å². The van der Waals surface area contributed by atoms with Gasteiger partial charge in [-0.05, 0) is 43.3 Å². The van der Waals surface area contributed by atoms with E-state index in [-0.39, 0.29) is 18.6 Å². The summed E-state index contributed by atoms with van der Waals surface area (Å²) in [7, 11) is 0. The third kappa shape index (κ3) is 5.08. The molecule has 0 fully saturated rings. The fourth-order valence-corrected chi connectivity index (χ4v) is 3.54. The normalized spacial score (nSPS) is 13.7. The molecule has 1 aliphatic heterocycles. The van der Waals surface area contributed by atoms with Crippen molar-refractivity contribution in [1.82, 2.24) is 9.88 Å². The number of carboxylic acids is 1. The van der Waals surface area contributed by atoms with Crippen LogP contribution in [0.2, 0.25) is 0 Å². The molecule has 0 amide bonds. The highest BCUT2D eigenvalue weighted by molar-refractivity contribution is 5.66. The van der Waals surface area contributed by atoms with Crippen LogP contribution in [0.5, 0.6) is 5.75 Å². The van der Waals surface area contributed by atoms with Gasteiger partial charge in [0.25, 0.3) is 0 Å². The Kier molecular flexibility index (Phi) is 6.27. The van der Waals surface area contributed by atoms with Crippen LogP contribution < -0.4 is 4.74 Å². The zero-order valence-electron chi connectivity index (χ0n) is 16.8. The van der Waals surface area contributed by atoms with Crippen LogP contribution in [-0.4, -0.2) is 34.0 Å². The summed E-state index contributed by atoms with van der Waals surface area (Å²) in [4.78, 5) is 17.5. The first kappa shape index (κ1) is 21.0. The molecule has 1 N–H and O–H groups in total. The molecule has 1 aromatic heterocycles. The lowest BCUT2D eigenvalue weighted by Gasteiger charge is -2.24. The predicted octanol–water partition coefficient (Wildman–Crippen LogP) is 4.42. The van der Waals surface area contributed by atoms with Crippen molar-refractivity contribution in [3.05, 3.63) is 71.1 Å². The Balaban J connectivity index is 1.37. The van der Waals surface area contributed by atoms with Crippen molar-refractivity contribution in [2.24, 2.45) is 0 Å². The van der Waals surface area contributed by atoms with Crippen LogP contribution in [0.3, 0.4) is 0 Å². The molecule has 0 unspecified atom stereocenters. The number of hydrogen-bond acceptors (Lipinski definition) is 5. The number of nitrogens with zero attached hydrogens (tertiary/aromatic N) is 2. The van der Waals surface area contributed by atoms with E-state index in [1.807, 2.05) is 0 Å². The van der Waals surface area contributed by atoms with Gasteiger partial charge in [-0.25, -0.2) is 13.8 Å². The average Bonchev–Trinajstić information content (AvgIpc) is 3.18. The number of ether oxygens (including phenoxy) is 1. The molecule has 0 aliphatic carbocycles. The number of rotatable bonds is 8. The Morgan fingerprint density at radius 2 is 2.00 bits per heavy atom. The second-order valence-corrected chi connectivity index (χ2v) is 7.44. The maximum absolute atomic E-state index is 13.7. The highest BCUT2D eigenvalue weighted by Gasteiger charge is 2.22. The van der Waals surface area contributed by atoms with Crippen LogP contribution in [0.1, 0.15) is 29.9 Å². The van der Waals surface area contributed by atoms with Gasteiger partial charge in [0.1, 0.15) is 18.1 Å². The van der Waals surface area contributed by atoms with Gasteiger partial charge in [0.05, 0.1) is 5.69 Å². The first-order valence-corrected chi connectivity index (χ1v) is 10.1. The molecule has 0 saturated carbocycles. The molecule has 2 heterocycles. The van der Waals surface area contributed by atoms with Crippen LogP contribution in [0.4, 0.5) is 8.78 Å². The molecule has 1 aliphatic rings. The fourth-order valence-electron chi connectivity index (χ4n) is 3.54. The van der Waals surface area contributed by atoms with Crippen LogP contribution >= 0.6 is 0 Å². The first-order valence-electron chi connectivity index (χ1n) is 10.1. The quantitative estimate of drug-likeness (QED) is 0.572. The van der Waals surface area contributed by atoms with E-state index in [0.29, 0.717) is 31.2 Å². The van der Waals surface area contributed by atoms with Gasteiger partial charge in [-0.2, -0.15) is 0 Å². The van der Waals surface area contributed by atoms with Crippen molar-refractivity contribution in [1.29, 1.82) is 0 Å². The molecule has 0 atom stereocenters. The van der Waals surface area contributed by atoms with Gasteiger partial charge in [-0.15, -0.1) is 0 Å². The third-order valence-electron chi connectivity index (χ3n) is 5.20. The molecule has 162 valence electrons. The molecule has 0 radical (unpaired) electrons. The second-order valence-electron chi connectivity index (χ2n) is 7.44. The van der Waals surface area contributed by atoms with E-state index in [0.717, 1.165) is 36.0 Å². The number of carboxylic acid groups (broad SMARTS) is 1. The number of benzene rings is 2. The van der Waals surface area contributed by atoms with Gasteiger partial charge in [0.2, 0.25) is 5.89 Å². The van der Waals surface area contributed by atoms with Crippen LogP contribution in [0, 0.1) is 11.6 Å². The summed E-state index contributed by atoms with van der Waals surface area (Å²) in [6.07, 6.45) is 1.50. The lowest BCUT2D eigenvalue weighted by Crippen LogP contribution is -2.31. The Labute approximate surface area is 178 Å². The maximum Gasteiger partial charge on any atom is 0.303 e. The molecule has 0 spiro atoms. The largest absolute Gasteiger partial charge is 0.489 e. The van der Waals surface area contributed by atoms with Crippen molar-refractivity contribution in [2.45, 2.75) is 32.4 Å². The highest BCUT2D eigenvalue weighted by Crippen LogP contribution is 2.28. The lowest BCUT2D eigenvalue weighted by atomic mass is 10.1. The van der Waals surface area contributed by atoms with Crippen molar-refractivity contribution >= 4 is 5.97 Å². The number of carbonyl (C=O) groups is 1. The minimum atomic E-state index is -0.901. The summed E-state index contributed by atoms with van der Waals surface area (Å²) >= 11 is 0. The van der Waals surface area contributed by atoms with Crippen molar-refractivity contribution < 1.29 is 27.8 Å². The Morgan fingerprint density at radius 1 is 1.19 bits per heavy atom. The van der Waals surface area contributed by atoms with E-state index < -0.39 is 17.6 Å². The summed E-state index contributed by atoms with van der Waals surface area (Å²) in [6, 6.07) is 11.1. The third-order valence-corrected chi connectivity index (χ3v) is 5.20. The number of hydrogen-bond donors (Lipinski definition) is 1. The van der Waals surface area contributed by atoms with E-state index in [1.165, 1.54) is 12.1 Å². The number of fused-ring (bicyclic) bond motifs is 1. The second kappa shape index (κ2) is 9.26. The molecular formula is C23H22F2N2O4. The summed E-state index contributed by atoms with van der Waals surface area (Å²) in [5, 5.41) is 8.78.